The van der Waals surface area contributed by atoms with Gasteiger partial charge in [0.05, 0.1) is 52.4 Å². The molecule has 0 amide bonds. The molecule has 0 heterocycles. The highest BCUT2D eigenvalue weighted by atomic mass is 127. The minimum absolute atomic E-state index is 0. The van der Waals surface area contributed by atoms with Crippen LogP contribution in [0.2, 0.25) is 0 Å². The molecule has 0 saturated carbocycles. The van der Waals surface area contributed by atoms with Crippen molar-refractivity contribution in [3.63, 3.8) is 0 Å². The zero-order chi connectivity index (χ0) is 14.7. The third-order valence-corrected chi connectivity index (χ3v) is 5.37. The average Bonchev–Trinajstić information content (AvgIpc) is 2.46. The fourth-order valence-corrected chi connectivity index (χ4v) is 2.68. The fraction of sp³-hybridized carbons (Fsp3) is 1.00. The smallest absolute Gasteiger partial charge is 0.0757 e. The Morgan fingerprint density at radius 3 is 0.450 bits per heavy atom. The Hall–Kier alpha value is 1.38. The van der Waals surface area contributed by atoms with Crippen molar-refractivity contribution in [2.75, 3.05) is 52.4 Å². The van der Waals surface area contributed by atoms with Crippen molar-refractivity contribution in [2.45, 2.75) is 55.4 Å². The Balaban J connectivity index is -0.000000116. The summed E-state index contributed by atoms with van der Waals surface area (Å²) in [5, 5.41) is 0. The summed E-state index contributed by atoms with van der Waals surface area (Å²) in [6.07, 6.45) is 0. The summed E-state index contributed by atoms with van der Waals surface area (Å²) in [4.78, 5) is 0. The first-order valence-electron chi connectivity index (χ1n) is 8.19. The van der Waals surface area contributed by atoms with Gasteiger partial charge in [0.2, 0.25) is 0 Å². The maximum absolute atomic E-state index is 2.27. The van der Waals surface area contributed by atoms with Crippen molar-refractivity contribution >= 4 is 0 Å². The topological polar surface area (TPSA) is 0 Å². The lowest BCUT2D eigenvalue weighted by Crippen LogP contribution is -3.00. The first kappa shape index (κ1) is 29.4. The lowest BCUT2D eigenvalue weighted by atomic mass is 10.3. The monoisotopic (exact) mass is 514 g/mol. The second kappa shape index (κ2) is 16.7. The Labute approximate surface area is 163 Å². The number of hydrogen-bond acceptors (Lipinski definition) is 0. The number of hydrogen-bond donors (Lipinski definition) is 0. The van der Waals surface area contributed by atoms with Gasteiger partial charge >= 0.3 is 0 Å². The highest BCUT2D eigenvalue weighted by Crippen LogP contribution is 2.03. The molecule has 0 aliphatic rings. The van der Waals surface area contributed by atoms with Crippen LogP contribution in [0, 0.1) is 0 Å². The molecule has 0 aliphatic heterocycles. The normalized spacial score (nSPS) is 10.8. The van der Waals surface area contributed by atoms with Crippen LogP contribution in [0.15, 0.2) is 0 Å². The molecular weight excluding hydrogens is 474 g/mol. The van der Waals surface area contributed by atoms with Crippen molar-refractivity contribution in [1.82, 2.24) is 0 Å². The van der Waals surface area contributed by atoms with E-state index in [1.54, 1.807) is 0 Å². The van der Waals surface area contributed by atoms with Gasteiger partial charge < -0.3 is 56.9 Å². The Morgan fingerprint density at radius 1 is 0.350 bits per heavy atom. The van der Waals surface area contributed by atoms with Crippen LogP contribution in [0.25, 0.3) is 0 Å². The van der Waals surface area contributed by atoms with Crippen molar-refractivity contribution in [1.29, 1.82) is 0 Å². The molecule has 4 heteroatoms. The Morgan fingerprint density at radius 2 is 0.450 bits per heavy atom. The summed E-state index contributed by atoms with van der Waals surface area (Å²) in [5.74, 6) is 0. The van der Waals surface area contributed by atoms with Gasteiger partial charge in [-0.1, -0.05) is 0 Å². The van der Waals surface area contributed by atoms with E-state index in [0.717, 1.165) is 0 Å². The molecule has 20 heavy (non-hydrogen) atoms. The zero-order valence-electron chi connectivity index (χ0n) is 15.3. The largest absolute Gasteiger partial charge is 1.00 e. The van der Waals surface area contributed by atoms with E-state index >= 15 is 0 Å². The highest BCUT2D eigenvalue weighted by Gasteiger charge is 2.16. The minimum atomic E-state index is 0. The molecule has 0 aromatic rings. The molecule has 0 aromatic carbocycles. The van der Waals surface area contributed by atoms with Gasteiger partial charge in [0.15, 0.2) is 0 Å². The van der Waals surface area contributed by atoms with Crippen LogP contribution in [0.4, 0.5) is 0 Å². The summed E-state index contributed by atoms with van der Waals surface area (Å²) < 4.78 is 2.56. The van der Waals surface area contributed by atoms with Crippen LogP contribution in [-0.4, -0.2) is 61.3 Å². The number of halogens is 2. The predicted molar refractivity (Wildman–Crippen MR) is 84.8 cm³/mol. The number of quaternary nitrogens is 2. The Kier molecular flexibility index (Phi) is 24.6. The van der Waals surface area contributed by atoms with Gasteiger partial charge in [-0.3, -0.25) is 0 Å². The summed E-state index contributed by atoms with van der Waals surface area (Å²) >= 11 is 0. The molecule has 2 nitrogen and oxygen atoms in total. The van der Waals surface area contributed by atoms with E-state index < -0.39 is 0 Å². The summed E-state index contributed by atoms with van der Waals surface area (Å²) in [5.41, 5.74) is 0. The van der Waals surface area contributed by atoms with E-state index in [1.807, 2.05) is 0 Å². The molecule has 0 aliphatic carbocycles. The van der Waals surface area contributed by atoms with E-state index in [-0.39, 0.29) is 48.0 Å². The van der Waals surface area contributed by atoms with Crippen molar-refractivity contribution in [3.05, 3.63) is 0 Å². The fourth-order valence-electron chi connectivity index (χ4n) is 2.68. The first-order valence-corrected chi connectivity index (χ1v) is 8.19. The van der Waals surface area contributed by atoms with Gasteiger partial charge in [0.25, 0.3) is 0 Å². The maximum atomic E-state index is 2.27. The van der Waals surface area contributed by atoms with Crippen molar-refractivity contribution in [3.8, 4) is 0 Å². The molecule has 0 radical (unpaired) electrons. The quantitative estimate of drug-likeness (QED) is 0.255. The highest BCUT2D eigenvalue weighted by molar-refractivity contribution is 4.31. The van der Waals surface area contributed by atoms with Crippen LogP contribution in [0.5, 0.6) is 0 Å². The molecule has 0 fully saturated rings. The van der Waals surface area contributed by atoms with Crippen molar-refractivity contribution in [2.24, 2.45) is 0 Å². The van der Waals surface area contributed by atoms with E-state index in [1.165, 1.54) is 61.3 Å². The van der Waals surface area contributed by atoms with Crippen LogP contribution < -0.4 is 48.0 Å². The van der Waals surface area contributed by atoms with E-state index in [2.05, 4.69) is 55.4 Å². The van der Waals surface area contributed by atoms with Gasteiger partial charge in [-0.2, -0.15) is 0 Å². The molecule has 0 rings (SSSR count). The van der Waals surface area contributed by atoms with Gasteiger partial charge in [-0.25, -0.2) is 0 Å². The maximum Gasteiger partial charge on any atom is 0.0757 e. The van der Waals surface area contributed by atoms with Gasteiger partial charge in [-0.05, 0) is 55.4 Å². The summed E-state index contributed by atoms with van der Waals surface area (Å²) in [6.45, 7) is 28.4. The number of nitrogens with zero attached hydrogens (tertiary/aromatic N) is 2. The molecule has 0 saturated heterocycles. The molecule has 128 valence electrons. The van der Waals surface area contributed by atoms with Gasteiger partial charge in [0, 0.05) is 0 Å². The van der Waals surface area contributed by atoms with E-state index in [9.17, 15) is 0 Å². The Bertz CT molecular complexity index is 124. The molecule has 0 unspecified atom stereocenters. The molecule has 0 atom stereocenters. The molecule has 0 aromatic heterocycles. The standard InChI is InChI=1S/2C8H20N.2HI/c2*1-5-9(6-2,7-3)8-4;;/h2*5-8H2,1-4H3;2*1H/q2*+1;;/p-2. The van der Waals surface area contributed by atoms with Crippen LogP contribution >= 0.6 is 0 Å². The lowest BCUT2D eigenvalue weighted by Gasteiger charge is -2.34. The average molecular weight is 514 g/mol. The molecule has 0 bridgehead atoms. The van der Waals surface area contributed by atoms with Crippen LogP contribution in [0.1, 0.15) is 55.4 Å². The second-order valence-corrected chi connectivity index (χ2v) is 5.21. The zero-order valence-corrected chi connectivity index (χ0v) is 19.6. The van der Waals surface area contributed by atoms with E-state index in [4.69, 9.17) is 0 Å². The van der Waals surface area contributed by atoms with Crippen molar-refractivity contribution < 1.29 is 56.9 Å². The number of rotatable bonds is 8. The van der Waals surface area contributed by atoms with Crippen LogP contribution in [-0.2, 0) is 0 Å². The van der Waals surface area contributed by atoms with E-state index in [0.29, 0.717) is 0 Å². The SMILES string of the molecule is CC[N+](CC)(CC)CC.CC[N+](CC)(CC)CC.[I-].[I-]. The third-order valence-electron chi connectivity index (χ3n) is 5.37. The third kappa shape index (κ3) is 10.2. The molecule has 0 spiro atoms. The molecular formula is C16H40I2N2. The predicted octanol–water partition coefficient (Wildman–Crippen LogP) is -2.23. The summed E-state index contributed by atoms with van der Waals surface area (Å²) in [6, 6.07) is 0. The van der Waals surface area contributed by atoms with Crippen LogP contribution in [0.3, 0.4) is 0 Å². The second-order valence-electron chi connectivity index (χ2n) is 5.21. The lowest BCUT2D eigenvalue weighted by molar-refractivity contribution is -0.921. The first-order chi connectivity index (χ1) is 8.49. The molecule has 0 N–H and O–H groups in total. The van der Waals surface area contributed by atoms with Gasteiger partial charge in [0.1, 0.15) is 0 Å². The minimum Gasteiger partial charge on any atom is -1.00 e. The van der Waals surface area contributed by atoms with Gasteiger partial charge in [-0.15, -0.1) is 0 Å². The summed E-state index contributed by atoms with van der Waals surface area (Å²) in [7, 11) is 0.